The van der Waals surface area contributed by atoms with Crippen molar-refractivity contribution < 1.29 is 0 Å². The number of nitrogens with one attached hydrogen (secondary N) is 1. The Kier molecular flexibility index (Phi) is 7.98. The number of fused-ring (bicyclic) bond motifs is 8. The summed E-state index contributed by atoms with van der Waals surface area (Å²) in [5.74, 6) is 0. The third-order valence-corrected chi connectivity index (χ3v) is 8.50. The number of rotatable bonds is 4. The summed E-state index contributed by atoms with van der Waals surface area (Å²) >= 11 is 0. The van der Waals surface area contributed by atoms with Crippen molar-refractivity contribution in [2.45, 2.75) is 0 Å². The molecule has 0 atom stereocenters. The molecule has 0 aliphatic carbocycles. The molecule has 49 heavy (non-hydrogen) atoms. The molecular weight excluding hydrogens is 711 g/mol. The average molecular weight is 739 g/mol. The van der Waals surface area contributed by atoms with Crippen LogP contribution in [0.1, 0.15) is 22.8 Å². The third-order valence-electron chi connectivity index (χ3n) is 8.50. The van der Waals surface area contributed by atoms with E-state index in [0.717, 1.165) is 83.9 Å². The van der Waals surface area contributed by atoms with E-state index in [4.69, 9.17) is 9.97 Å². The van der Waals surface area contributed by atoms with Crippen LogP contribution >= 0.6 is 0 Å². The molecule has 8 nitrogen and oxygen atoms in total. The Morgan fingerprint density at radius 2 is 0.918 bits per heavy atom. The number of aromatic amines is 1. The Labute approximate surface area is 298 Å². The van der Waals surface area contributed by atoms with Gasteiger partial charge in [-0.05, 0) is 120 Å². The van der Waals surface area contributed by atoms with E-state index >= 15 is 0 Å². The zero-order valence-electron chi connectivity index (χ0n) is 26.3. The topological polar surface area (TPSA) is 98.1 Å². The molecule has 2 aliphatic rings. The molecule has 0 fully saturated rings. The van der Waals surface area contributed by atoms with Crippen LogP contribution in [0.15, 0.2) is 128 Å². The van der Waals surface area contributed by atoms with Crippen LogP contribution in [0.4, 0.5) is 0 Å². The van der Waals surface area contributed by atoms with E-state index in [9.17, 15) is 0 Å². The molecule has 0 saturated carbocycles. The maximum absolute atomic E-state index is 5.23. The van der Waals surface area contributed by atoms with Gasteiger partial charge in [0.15, 0.2) is 0 Å². The predicted molar refractivity (Wildman–Crippen MR) is 200 cm³/mol. The molecule has 2 radical (unpaired) electrons. The quantitative estimate of drug-likeness (QED) is 0.185. The standard InChI is InChI=1S/C40H26N8.Sn.2H/c1-2-31-24-32-5-6-35(47-32)37(26-7-15-41-16-8-26)40-39(28-11-19-43-20-12-28)38(27-9-17-42-18-10-27)36(48(40)34-13-21-44-22-14-34)25-33-4-3-30(46-33)23-29(1)45-31;;;/h1-25,45H;;;. The van der Waals surface area contributed by atoms with Gasteiger partial charge in [-0.2, -0.15) is 0 Å². The molecule has 8 bridgehead atoms. The summed E-state index contributed by atoms with van der Waals surface area (Å²) in [6.07, 6.45) is 22.9. The van der Waals surface area contributed by atoms with E-state index < -0.39 is 0 Å². The minimum atomic E-state index is 0. The molecule has 7 aromatic heterocycles. The van der Waals surface area contributed by atoms with Gasteiger partial charge in [-0.3, -0.25) is 19.9 Å². The first-order chi connectivity index (χ1) is 23.8. The molecule has 0 saturated heterocycles. The van der Waals surface area contributed by atoms with Gasteiger partial charge < -0.3 is 9.55 Å². The summed E-state index contributed by atoms with van der Waals surface area (Å²) in [7, 11) is 0. The molecule has 232 valence electrons. The summed E-state index contributed by atoms with van der Waals surface area (Å²) < 4.78 is 2.31. The van der Waals surface area contributed by atoms with E-state index in [0.29, 0.717) is 0 Å². The van der Waals surface area contributed by atoms with Crippen LogP contribution in [-0.2, 0) is 0 Å². The first-order valence-corrected chi connectivity index (χ1v) is 15.6. The van der Waals surface area contributed by atoms with Crippen molar-refractivity contribution in [1.29, 1.82) is 0 Å². The molecule has 9 heterocycles. The van der Waals surface area contributed by atoms with Gasteiger partial charge in [-0.1, -0.05) is 0 Å². The monoisotopic (exact) mass is 740 g/mol. The summed E-state index contributed by atoms with van der Waals surface area (Å²) in [5.41, 5.74) is 14.2. The van der Waals surface area contributed by atoms with Gasteiger partial charge in [0.05, 0.1) is 33.8 Å². The van der Waals surface area contributed by atoms with Crippen LogP contribution in [-0.4, -0.2) is 63.4 Å². The van der Waals surface area contributed by atoms with E-state index in [1.807, 2.05) is 79.9 Å². The van der Waals surface area contributed by atoms with Gasteiger partial charge in [-0.25, -0.2) is 9.97 Å². The second-order valence-electron chi connectivity index (χ2n) is 11.5. The third kappa shape index (κ3) is 5.66. The molecule has 0 spiro atoms. The van der Waals surface area contributed by atoms with Crippen molar-refractivity contribution in [2.75, 3.05) is 0 Å². The van der Waals surface area contributed by atoms with Crippen molar-refractivity contribution in [1.82, 2.24) is 39.5 Å². The van der Waals surface area contributed by atoms with Gasteiger partial charge in [-0.15, -0.1) is 0 Å². The Morgan fingerprint density at radius 1 is 0.449 bits per heavy atom. The summed E-state index contributed by atoms with van der Waals surface area (Å²) in [4.78, 5) is 31.3. The normalized spacial score (nSPS) is 11.8. The fourth-order valence-corrected chi connectivity index (χ4v) is 6.47. The van der Waals surface area contributed by atoms with Crippen molar-refractivity contribution in [3.63, 3.8) is 0 Å². The summed E-state index contributed by atoms with van der Waals surface area (Å²) in [6, 6.07) is 26.8. The van der Waals surface area contributed by atoms with Crippen LogP contribution in [0, 0.1) is 0 Å². The fraction of sp³-hybridized carbons (Fsp3) is 0. The molecule has 1 N–H and O–H groups in total. The average Bonchev–Trinajstić information content (AvgIpc) is 3.95. The summed E-state index contributed by atoms with van der Waals surface area (Å²) in [5, 5.41) is 0. The van der Waals surface area contributed by atoms with Crippen LogP contribution in [0.25, 0.3) is 85.4 Å². The first-order valence-electron chi connectivity index (χ1n) is 15.6. The SMILES string of the molecule is C1=Cc2cc3c(-c4ccncc4)c(-c4ccncc4)c(c(-c4ccncc4)c4nc(cc5ccc(cc1n2)[nH]5)C=C4)n3-c1ccncc1.[SnH2]. The Hall–Kier alpha value is -6.00. The minimum absolute atomic E-state index is 0. The molecule has 0 unspecified atom stereocenters. The number of pyridine rings is 4. The van der Waals surface area contributed by atoms with Crippen molar-refractivity contribution in [2.24, 2.45) is 0 Å². The van der Waals surface area contributed by atoms with E-state index in [2.05, 4.69) is 102 Å². The van der Waals surface area contributed by atoms with Gasteiger partial charge in [0.2, 0.25) is 0 Å². The maximum atomic E-state index is 5.23. The summed E-state index contributed by atoms with van der Waals surface area (Å²) in [6.45, 7) is 0. The van der Waals surface area contributed by atoms with Crippen LogP contribution in [0.2, 0.25) is 0 Å². The number of aromatic nitrogens is 8. The van der Waals surface area contributed by atoms with Gasteiger partial charge in [0.1, 0.15) is 0 Å². The second kappa shape index (κ2) is 12.9. The van der Waals surface area contributed by atoms with Crippen LogP contribution < -0.4 is 0 Å². The zero-order valence-corrected chi connectivity index (χ0v) is 30.3. The molecular formula is C40H28N8Sn. The Balaban J connectivity index is 0.00000348. The molecule has 2 aliphatic heterocycles. The number of nitrogens with zero attached hydrogens (tertiary/aromatic N) is 7. The molecule has 0 amide bonds. The number of H-pyrrole nitrogens is 1. The molecule has 9 heteroatoms. The Morgan fingerprint density at radius 3 is 1.51 bits per heavy atom. The van der Waals surface area contributed by atoms with E-state index in [1.54, 1.807) is 0 Å². The van der Waals surface area contributed by atoms with Crippen molar-refractivity contribution >= 4 is 70.3 Å². The molecule has 0 aromatic carbocycles. The van der Waals surface area contributed by atoms with Crippen LogP contribution in [0.3, 0.4) is 0 Å². The number of hydrogen-bond donors (Lipinski definition) is 1. The molecule has 7 aromatic rings. The van der Waals surface area contributed by atoms with Gasteiger partial charge >= 0.3 is 23.9 Å². The fourth-order valence-electron chi connectivity index (χ4n) is 6.47. The van der Waals surface area contributed by atoms with Crippen LogP contribution in [0.5, 0.6) is 0 Å². The Bertz CT molecular complexity index is 2540. The van der Waals surface area contributed by atoms with Gasteiger partial charge in [0, 0.05) is 83.0 Å². The van der Waals surface area contributed by atoms with E-state index in [1.165, 1.54) is 0 Å². The van der Waals surface area contributed by atoms with Crippen molar-refractivity contribution in [3.8, 4) is 39.1 Å². The number of hydrogen-bond acceptors (Lipinski definition) is 6. The predicted octanol–water partition coefficient (Wildman–Crippen LogP) is 7.78. The van der Waals surface area contributed by atoms with E-state index in [-0.39, 0.29) is 23.9 Å². The second-order valence-corrected chi connectivity index (χ2v) is 11.5. The molecule has 9 rings (SSSR count). The first kappa shape index (κ1) is 30.3. The van der Waals surface area contributed by atoms with Crippen molar-refractivity contribution in [3.05, 3.63) is 151 Å². The zero-order chi connectivity index (χ0) is 31.9. The van der Waals surface area contributed by atoms with Gasteiger partial charge in [0.25, 0.3) is 0 Å².